The summed E-state index contributed by atoms with van der Waals surface area (Å²) in [6.07, 6.45) is 7.54. The molecule has 1 saturated heterocycles. The molecular formula is C16H37I2N3. The monoisotopic (exact) mass is 525 g/mol. The molecule has 1 fully saturated rings. The number of hydrogen-bond donors (Lipinski definition) is 2. The smallest absolute Gasteiger partial charge is 0.0170 e. The Labute approximate surface area is 166 Å². The number of unbranched alkanes of at least 4 members (excludes halogenated alkanes) is 3. The summed E-state index contributed by atoms with van der Waals surface area (Å²) in [6, 6.07) is 0.663. The van der Waals surface area contributed by atoms with Crippen molar-refractivity contribution >= 4 is 48.0 Å². The van der Waals surface area contributed by atoms with Gasteiger partial charge in [-0.3, -0.25) is 4.90 Å². The van der Waals surface area contributed by atoms with Crippen LogP contribution in [0.5, 0.6) is 0 Å². The van der Waals surface area contributed by atoms with Gasteiger partial charge in [-0.1, -0.05) is 12.8 Å². The molecule has 130 valence electrons. The predicted molar refractivity (Wildman–Crippen MR) is 115 cm³/mol. The first kappa shape index (κ1) is 24.6. The molecule has 0 atom stereocenters. The van der Waals surface area contributed by atoms with Gasteiger partial charge >= 0.3 is 0 Å². The molecule has 1 heterocycles. The van der Waals surface area contributed by atoms with Gasteiger partial charge in [-0.25, -0.2) is 0 Å². The van der Waals surface area contributed by atoms with E-state index in [0.29, 0.717) is 17.1 Å². The van der Waals surface area contributed by atoms with Gasteiger partial charge in [-0.05, 0) is 73.5 Å². The highest BCUT2D eigenvalue weighted by atomic mass is 127. The third-order valence-corrected chi connectivity index (χ3v) is 4.87. The van der Waals surface area contributed by atoms with Crippen LogP contribution < -0.4 is 11.1 Å². The Balaban J connectivity index is 0. The number of likely N-dealkylation sites (tertiary alicyclic amines) is 1. The minimum absolute atomic E-state index is 0. The van der Waals surface area contributed by atoms with Gasteiger partial charge < -0.3 is 11.1 Å². The SMILES string of the molecule is CN1C(C)(C)CC(NCCCCCCN)CC1(C)C.I.I. The van der Waals surface area contributed by atoms with Crippen LogP contribution in [-0.2, 0) is 0 Å². The quantitative estimate of drug-likeness (QED) is 0.391. The van der Waals surface area contributed by atoms with Gasteiger partial charge in [0.15, 0.2) is 0 Å². The number of nitrogens with two attached hydrogens (primary N) is 1. The molecule has 0 amide bonds. The van der Waals surface area contributed by atoms with Crippen molar-refractivity contribution < 1.29 is 0 Å². The minimum Gasteiger partial charge on any atom is -0.330 e. The highest BCUT2D eigenvalue weighted by Crippen LogP contribution is 2.36. The molecule has 0 aromatic carbocycles. The van der Waals surface area contributed by atoms with Gasteiger partial charge in [0.1, 0.15) is 0 Å². The maximum absolute atomic E-state index is 5.51. The fourth-order valence-corrected chi connectivity index (χ4v) is 3.44. The van der Waals surface area contributed by atoms with Crippen LogP contribution in [0.4, 0.5) is 0 Å². The van der Waals surface area contributed by atoms with Crippen molar-refractivity contribution in [3.63, 3.8) is 0 Å². The first-order valence-electron chi connectivity index (χ1n) is 7.97. The van der Waals surface area contributed by atoms with Crippen LogP contribution in [0, 0.1) is 0 Å². The van der Waals surface area contributed by atoms with Gasteiger partial charge in [-0.2, -0.15) is 0 Å². The van der Waals surface area contributed by atoms with Crippen molar-refractivity contribution in [3.8, 4) is 0 Å². The van der Waals surface area contributed by atoms with Crippen molar-refractivity contribution in [2.24, 2.45) is 5.73 Å². The van der Waals surface area contributed by atoms with Crippen molar-refractivity contribution in [1.29, 1.82) is 0 Å². The van der Waals surface area contributed by atoms with Gasteiger partial charge in [0.05, 0.1) is 0 Å². The maximum Gasteiger partial charge on any atom is 0.0170 e. The molecule has 0 radical (unpaired) electrons. The molecule has 3 N–H and O–H groups in total. The van der Waals surface area contributed by atoms with E-state index in [1.165, 1.54) is 38.5 Å². The Kier molecular flexibility index (Phi) is 12.9. The summed E-state index contributed by atoms with van der Waals surface area (Å²) < 4.78 is 0. The van der Waals surface area contributed by atoms with E-state index < -0.39 is 0 Å². The van der Waals surface area contributed by atoms with Crippen LogP contribution in [0.25, 0.3) is 0 Å². The van der Waals surface area contributed by atoms with Crippen LogP contribution in [0.3, 0.4) is 0 Å². The summed E-state index contributed by atoms with van der Waals surface area (Å²) in [4.78, 5) is 2.54. The molecule has 0 aromatic rings. The standard InChI is InChI=1S/C16H35N3.2HI/c1-15(2)12-14(13-16(3,4)19(15)5)18-11-9-7-6-8-10-17;;/h14,18H,6-13,17H2,1-5H3;2*1H. The minimum atomic E-state index is 0. The molecule has 0 unspecified atom stereocenters. The van der Waals surface area contributed by atoms with Crippen LogP contribution >= 0.6 is 48.0 Å². The number of nitrogens with zero attached hydrogens (tertiary/aromatic N) is 1. The Morgan fingerprint density at radius 2 is 1.43 bits per heavy atom. The summed E-state index contributed by atoms with van der Waals surface area (Å²) >= 11 is 0. The van der Waals surface area contributed by atoms with Gasteiger partial charge in [0.2, 0.25) is 0 Å². The molecule has 0 aliphatic carbocycles. The summed E-state index contributed by atoms with van der Waals surface area (Å²) in [6.45, 7) is 11.5. The van der Waals surface area contributed by atoms with Gasteiger partial charge in [0, 0.05) is 17.1 Å². The lowest BCUT2D eigenvalue weighted by molar-refractivity contribution is -0.0180. The van der Waals surface area contributed by atoms with E-state index in [0.717, 1.165) is 13.1 Å². The highest BCUT2D eigenvalue weighted by Gasteiger charge is 2.42. The fraction of sp³-hybridized carbons (Fsp3) is 1.00. The lowest BCUT2D eigenvalue weighted by Gasteiger charge is -2.53. The third-order valence-electron chi connectivity index (χ3n) is 4.87. The topological polar surface area (TPSA) is 41.3 Å². The van der Waals surface area contributed by atoms with E-state index in [1.807, 2.05) is 0 Å². The molecule has 0 aromatic heterocycles. The van der Waals surface area contributed by atoms with Crippen LogP contribution in [0.15, 0.2) is 0 Å². The van der Waals surface area contributed by atoms with Gasteiger partial charge in [0.25, 0.3) is 0 Å². The Bertz CT molecular complexity index is 252. The second-order valence-electron chi connectivity index (χ2n) is 7.45. The first-order chi connectivity index (χ1) is 8.79. The number of halogens is 2. The summed E-state index contributed by atoms with van der Waals surface area (Å²) in [5.41, 5.74) is 6.09. The molecule has 0 bridgehead atoms. The Morgan fingerprint density at radius 3 is 1.90 bits per heavy atom. The molecule has 0 spiro atoms. The van der Waals surface area contributed by atoms with E-state index in [9.17, 15) is 0 Å². The number of nitrogens with one attached hydrogen (secondary N) is 1. The molecule has 3 nitrogen and oxygen atoms in total. The van der Waals surface area contributed by atoms with Crippen LogP contribution in [-0.4, -0.2) is 42.2 Å². The van der Waals surface area contributed by atoms with E-state index in [-0.39, 0.29) is 48.0 Å². The molecule has 5 heteroatoms. The summed E-state index contributed by atoms with van der Waals surface area (Å²) in [5, 5.41) is 3.77. The zero-order valence-corrected chi connectivity index (χ0v) is 19.2. The fourth-order valence-electron chi connectivity index (χ4n) is 3.44. The van der Waals surface area contributed by atoms with E-state index >= 15 is 0 Å². The van der Waals surface area contributed by atoms with E-state index in [2.05, 4.69) is 45.0 Å². The summed E-state index contributed by atoms with van der Waals surface area (Å²) in [7, 11) is 2.27. The van der Waals surface area contributed by atoms with Crippen molar-refractivity contribution in [2.75, 3.05) is 20.1 Å². The van der Waals surface area contributed by atoms with E-state index in [4.69, 9.17) is 5.73 Å². The summed E-state index contributed by atoms with van der Waals surface area (Å²) in [5.74, 6) is 0. The normalized spacial score (nSPS) is 21.4. The molecule has 21 heavy (non-hydrogen) atoms. The lowest BCUT2D eigenvalue weighted by Crippen LogP contribution is -2.62. The molecule has 1 rings (SSSR count). The molecule has 0 saturated carbocycles. The average Bonchev–Trinajstić information content (AvgIpc) is 2.30. The highest BCUT2D eigenvalue weighted by molar-refractivity contribution is 14.0. The number of rotatable bonds is 7. The van der Waals surface area contributed by atoms with Gasteiger partial charge in [-0.15, -0.1) is 48.0 Å². The second kappa shape index (κ2) is 11.0. The third kappa shape index (κ3) is 8.13. The van der Waals surface area contributed by atoms with Crippen molar-refractivity contribution in [3.05, 3.63) is 0 Å². The number of piperidine rings is 1. The average molecular weight is 525 g/mol. The Hall–Kier alpha value is 1.34. The second-order valence-corrected chi connectivity index (χ2v) is 7.45. The zero-order chi connectivity index (χ0) is 14.5. The predicted octanol–water partition coefficient (Wildman–Crippen LogP) is 3.98. The number of hydrogen-bond acceptors (Lipinski definition) is 3. The molecule has 1 aliphatic rings. The van der Waals surface area contributed by atoms with Crippen LogP contribution in [0.1, 0.15) is 66.2 Å². The zero-order valence-electron chi connectivity index (χ0n) is 14.6. The Morgan fingerprint density at radius 1 is 0.952 bits per heavy atom. The molecule has 1 aliphatic heterocycles. The maximum atomic E-state index is 5.51. The first-order valence-corrected chi connectivity index (χ1v) is 7.97. The van der Waals surface area contributed by atoms with E-state index in [1.54, 1.807) is 0 Å². The largest absolute Gasteiger partial charge is 0.330 e. The van der Waals surface area contributed by atoms with Crippen molar-refractivity contribution in [2.45, 2.75) is 83.3 Å². The van der Waals surface area contributed by atoms with Crippen molar-refractivity contribution in [1.82, 2.24) is 10.2 Å². The lowest BCUT2D eigenvalue weighted by atomic mass is 9.77. The van der Waals surface area contributed by atoms with Crippen LogP contribution in [0.2, 0.25) is 0 Å². The molecular weight excluding hydrogens is 488 g/mol.